The summed E-state index contributed by atoms with van der Waals surface area (Å²) in [6, 6.07) is 13.8. The predicted molar refractivity (Wildman–Crippen MR) is 89.9 cm³/mol. The number of anilines is 1. The highest BCUT2D eigenvalue weighted by molar-refractivity contribution is 6.01. The first-order valence-electron chi connectivity index (χ1n) is 7.02. The smallest absolute Gasteiger partial charge is 0.292 e. The summed E-state index contributed by atoms with van der Waals surface area (Å²) >= 11 is 0. The van der Waals surface area contributed by atoms with E-state index in [0.717, 1.165) is 11.1 Å². The molecule has 0 bridgehead atoms. The van der Waals surface area contributed by atoms with Crippen LogP contribution < -0.4 is 10.6 Å². The van der Waals surface area contributed by atoms with Gasteiger partial charge in [-0.2, -0.15) is 0 Å². The first-order chi connectivity index (χ1) is 11.0. The van der Waals surface area contributed by atoms with Gasteiger partial charge in [0.25, 0.3) is 11.6 Å². The molecule has 0 aliphatic heterocycles. The van der Waals surface area contributed by atoms with E-state index in [1.165, 1.54) is 13.1 Å². The van der Waals surface area contributed by atoms with Crippen LogP contribution in [0.25, 0.3) is 6.08 Å². The second kappa shape index (κ2) is 7.22. The van der Waals surface area contributed by atoms with Crippen LogP contribution in [0.2, 0.25) is 0 Å². The fourth-order valence-electron chi connectivity index (χ4n) is 2.01. The number of carbonyl (C=O) groups excluding carboxylic acids is 1. The second-order valence-corrected chi connectivity index (χ2v) is 4.95. The first kappa shape index (κ1) is 16.2. The van der Waals surface area contributed by atoms with Crippen molar-refractivity contribution in [2.45, 2.75) is 6.92 Å². The van der Waals surface area contributed by atoms with Crippen LogP contribution in [-0.2, 0) is 4.79 Å². The van der Waals surface area contributed by atoms with Gasteiger partial charge in [0.2, 0.25) is 0 Å². The van der Waals surface area contributed by atoms with Gasteiger partial charge in [0.1, 0.15) is 11.4 Å². The van der Waals surface area contributed by atoms with Crippen LogP contribution in [-0.4, -0.2) is 17.9 Å². The molecular weight excluding hydrogens is 294 g/mol. The molecule has 2 aromatic carbocycles. The molecule has 2 aromatic rings. The molecular formula is C17H17N3O3. The highest BCUT2D eigenvalue weighted by Crippen LogP contribution is 2.25. The average molecular weight is 311 g/mol. The topological polar surface area (TPSA) is 84.3 Å². The van der Waals surface area contributed by atoms with E-state index in [2.05, 4.69) is 10.6 Å². The first-order valence-corrected chi connectivity index (χ1v) is 7.02. The zero-order valence-corrected chi connectivity index (χ0v) is 12.9. The lowest BCUT2D eigenvalue weighted by molar-refractivity contribution is -0.383. The Labute approximate surface area is 134 Å². The number of carbonyl (C=O) groups is 1. The molecule has 0 heterocycles. The average Bonchev–Trinajstić information content (AvgIpc) is 2.55. The van der Waals surface area contributed by atoms with E-state index < -0.39 is 4.92 Å². The number of nitrogens with one attached hydrogen (secondary N) is 2. The van der Waals surface area contributed by atoms with Crippen LogP contribution in [0.1, 0.15) is 11.1 Å². The van der Waals surface area contributed by atoms with Crippen LogP contribution in [0.5, 0.6) is 0 Å². The molecule has 0 saturated carbocycles. The molecule has 0 saturated heterocycles. The molecule has 0 fully saturated rings. The van der Waals surface area contributed by atoms with E-state index in [9.17, 15) is 14.9 Å². The predicted octanol–water partition coefficient (Wildman–Crippen LogP) is 3.10. The van der Waals surface area contributed by atoms with E-state index in [0.29, 0.717) is 0 Å². The van der Waals surface area contributed by atoms with Crippen molar-refractivity contribution in [2.75, 3.05) is 12.4 Å². The maximum Gasteiger partial charge on any atom is 0.292 e. The van der Waals surface area contributed by atoms with Crippen LogP contribution >= 0.6 is 0 Å². The lowest BCUT2D eigenvalue weighted by Gasteiger charge is -2.10. The van der Waals surface area contributed by atoms with E-state index in [1.54, 1.807) is 24.3 Å². The van der Waals surface area contributed by atoms with E-state index >= 15 is 0 Å². The van der Waals surface area contributed by atoms with Crippen molar-refractivity contribution in [3.05, 3.63) is 75.5 Å². The third kappa shape index (κ3) is 4.16. The molecule has 0 aliphatic carbocycles. The standard InChI is InChI=1S/C17H17N3O3/c1-12-7-9-13(10-8-12)11-15(17(21)18-2)19-14-5-3-4-6-16(14)20(22)23/h3-11,19H,1-2H3,(H,18,21). The number of aryl methyl sites for hydroxylation is 1. The summed E-state index contributed by atoms with van der Waals surface area (Å²) in [6.07, 6.45) is 1.65. The monoisotopic (exact) mass is 311 g/mol. The summed E-state index contributed by atoms with van der Waals surface area (Å²) in [4.78, 5) is 22.7. The van der Waals surface area contributed by atoms with Crippen molar-refractivity contribution in [1.29, 1.82) is 0 Å². The van der Waals surface area contributed by atoms with Gasteiger partial charge in [-0.05, 0) is 24.6 Å². The molecule has 0 aliphatic rings. The van der Waals surface area contributed by atoms with Crippen LogP contribution in [0, 0.1) is 17.0 Å². The number of benzene rings is 2. The number of nitrogens with zero attached hydrogens (tertiary/aromatic N) is 1. The third-order valence-electron chi connectivity index (χ3n) is 3.23. The van der Waals surface area contributed by atoms with Crippen molar-refractivity contribution in [1.82, 2.24) is 5.32 Å². The minimum atomic E-state index is -0.490. The van der Waals surface area contributed by atoms with Gasteiger partial charge in [-0.25, -0.2) is 0 Å². The van der Waals surface area contributed by atoms with Gasteiger partial charge in [-0.1, -0.05) is 42.0 Å². The van der Waals surface area contributed by atoms with Crippen molar-refractivity contribution in [2.24, 2.45) is 0 Å². The van der Waals surface area contributed by atoms with Gasteiger partial charge in [0.05, 0.1) is 4.92 Å². The molecule has 23 heavy (non-hydrogen) atoms. The summed E-state index contributed by atoms with van der Waals surface area (Å²) in [5.74, 6) is -0.358. The summed E-state index contributed by atoms with van der Waals surface area (Å²) in [5.41, 5.74) is 2.33. The molecule has 2 N–H and O–H groups in total. The Hall–Kier alpha value is -3.15. The van der Waals surface area contributed by atoms with Crippen molar-refractivity contribution >= 4 is 23.4 Å². The lowest BCUT2D eigenvalue weighted by Crippen LogP contribution is -2.24. The van der Waals surface area contributed by atoms with Crippen LogP contribution in [0.3, 0.4) is 0 Å². The Balaban J connectivity index is 2.39. The number of para-hydroxylation sites is 2. The second-order valence-electron chi connectivity index (χ2n) is 4.95. The third-order valence-corrected chi connectivity index (χ3v) is 3.23. The highest BCUT2D eigenvalue weighted by Gasteiger charge is 2.16. The summed E-state index contributed by atoms with van der Waals surface area (Å²) in [7, 11) is 1.51. The maximum atomic E-state index is 12.1. The van der Waals surface area contributed by atoms with Crippen LogP contribution in [0.4, 0.5) is 11.4 Å². The van der Waals surface area contributed by atoms with E-state index in [4.69, 9.17) is 0 Å². The van der Waals surface area contributed by atoms with Crippen molar-refractivity contribution in [3.63, 3.8) is 0 Å². The number of amides is 1. The molecule has 0 spiro atoms. The number of rotatable bonds is 5. The maximum absolute atomic E-state index is 12.1. The molecule has 0 radical (unpaired) electrons. The molecule has 6 heteroatoms. The number of nitro groups is 1. The fourth-order valence-corrected chi connectivity index (χ4v) is 2.01. The van der Waals surface area contributed by atoms with Crippen molar-refractivity contribution in [3.8, 4) is 0 Å². The van der Waals surface area contributed by atoms with E-state index in [-0.39, 0.29) is 23.0 Å². The zero-order valence-electron chi connectivity index (χ0n) is 12.9. The fraction of sp³-hybridized carbons (Fsp3) is 0.118. The van der Waals surface area contributed by atoms with Gasteiger partial charge in [-0.3, -0.25) is 14.9 Å². The van der Waals surface area contributed by atoms with Crippen molar-refractivity contribution < 1.29 is 9.72 Å². The summed E-state index contributed by atoms with van der Waals surface area (Å²) < 4.78 is 0. The highest BCUT2D eigenvalue weighted by atomic mass is 16.6. The minimum absolute atomic E-state index is 0.0915. The largest absolute Gasteiger partial charge is 0.354 e. The Morgan fingerprint density at radius 2 is 1.78 bits per heavy atom. The molecule has 0 aromatic heterocycles. The Bertz CT molecular complexity index is 752. The SMILES string of the molecule is CNC(=O)C(=Cc1ccc(C)cc1)Nc1ccccc1[N+](=O)[O-]. The number of nitro benzene ring substituents is 1. The normalized spacial score (nSPS) is 11.0. The molecule has 0 unspecified atom stereocenters. The zero-order chi connectivity index (χ0) is 16.8. The van der Waals surface area contributed by atoms with Gasteiger partial charge in [0, 0.05) is 13.1 Å². The van der Waals surface area contributed by atoms with Gasteiger partial charge in [-0.15, -0.1) is 0 Å². The minimum Gasteiger partial charge on any atom is -0.354 e. The van der Waals surface area contributed by atoms with E-state index in [1.807, 2.05) is 31.2 Å². The number of hydrogen-bond acceptors (Lipinski definition) is 4. The number of likely N-dealkylation sites (N-methyl/N-ethyl adjacent to an activating group) is 1. The molecule has 1 amide bonds. The van der Waals surface area contributed by atoms with Gasteiger partial charge in [0.15, 0.2) is 0 Å². The van der Waals surface area contributed by atoms with Crippen LogP contribution in [0.15, 0.2) is 54.2 Å². The van der Waals surface area contributed by atoms with Gasteiger partial charge >= 0.3 is 0 Å². The number of hydrogen-bond donors (Lipinski definition) is 2. The Morgan fingerprint density at radius 3 is 2.39 bits per heavy atom. The Kier molecular flexibility index (Phi) is 5.09. The quantitative estimate of drug-likeness (QED) is 0.505. The molecule has 6 nitrogen and oxygen atoms in total. The summed E-state index contributed by atoms with van der Waals surface area (Å²) in [5, 5.41) is 16.5. The summed E-state index contributed by atoms with van der Waals surface area (Å²) in [6.45, 7) is 1.97. The Morgan fingerprint density at radius 1 is 1.13 bits per heavy atom. The lowest BCUT2D eigenvalue weighted by atomic mass is 10.1. The van der Waals surface area contributed by atoms with Gasteiger partial charge < -0.3 is 10.6 Å². The molecule has 118 valence electrons. The molecule has 2 rings (SSSR count). The molecule has 0 atom stereocenters.